The third-order valence-corrected chi connectivity index (χ3v) is 5.02. The van der Waals surface area contributed by atoms with E-state index in [1.807, 2.05) is 48.4 Å². The average molecular weight is 414 g/mol. The standard InChI is InChI=1S/C24H27N7/c1-25-24(27-15-19-8-6-9-20(14-19)17-31-13-7-12-28-31)30(2)18-23-26-16-22(29-23)21-10-4-3-5-11-21/h3-14,16H,15,17-18H2,1-2H3,(H,25,27)(H,26,29). The van der Waals surface area contributed by atoms with Crippen LogP contribution in [0.1, 0.15) is 17.0 Å². The van der Waals surface area contributed by atoms with E-state index >= 15 is 0 Å². The van der Waals surface area contributed by atoms with Crippen LogP contribution >= 0.6 is 0 Å². The number of nitrogens with one attached hydrogen (secondary N) is 2. The first-order chi connectivity index (χ1) is 15.2. The zero-order chi connectivity index (χ0) is 21.5. The van der Waals surface area contributed by atoms with Gasteiger partial charge in [0.05, 0.1) is 25.0 Å². The van der Waals surface area contributed by atoms with Crippen molar-refractivity contribution >= 4 is 5.96 Å². The van der Waals surface area contributed by atoms with Crippen molar-refractivity contribution in [2.45, 2.75) is 19.6 Å². The summed E-state index contributed by atoms with van der Waals surface area (Å²) in [5.74, 6) is 1.71. The van der Waals surface area contributed by atoms with E-state index in [1.165, 1.54) is 11.1 Å². The third-order valence-electron chi connectivity index (χ3n) is 5.02. The quantitative estimate of drug-likeness (QED) is 0.359. The van der Waals surface area contributed by atoms with Gasteiger partial charge in [-0.1, -0.05) is 54.6 Å². The number of imidazole rings is 1. The highest BCUT2D eigenvalue weighted by molar-refractivity contribution is 5.79. The Balaban J connectivity index is 1.35. The van der Waals surface area contributed by atoms with E-state index in [0.717, 1.165) is 29.6 Å². The molecule has 2 aromatic carbocycles. The predicted molar refractivity (Wildman–Crippen MR) is 123 cm³/mol. The minimum atomic E-state index is 0.631. The van der Waals surface area contributed by atoms with Crippen LogP contribution in [0.3, 0.4) is 0 Å². The highest BCUT2D eigenvalue weighted by Crippen LogP contribution is 2.16. The molecule has 2 aromatic heterocycles. The highest BCUT2D eigenvalue weighted by atomic mass is 15.3. The number of rotatable bonds is 7. The van der Waals surface area contributed by atoms with Crippen molar-refractivity contribution in [2.75, 3.05) is 14.1 Å². The van der Waals surface area contributed by atoms with E-state index in [0.29, 0.717) is 13.1 Å². The molecule has 0 amide bonds. The van der Waals surface area contributed by atoms with Gasteiger partial charge in [0.25, 0.3) is 0 Å². The zero-order valence-electron chi connectivity index (χ0n) is 17.9. The fourth-order valence-electron chi connectivity index (χ4n) is 3.49. The first kappa shape index (κ1) is 20.4. The average Bonchev–Trinajstić information content (AvgIpc) is 3.47. The summed E-state index contributed by atoms with van der Waals surface area (Å²) in [5, 5.41) is 7.72. The Morgan fingerprint density at radius 3 is 2.71 bits per heavy atom. The Labute approximate surface area is 182 Å². The van der Waals surface area contributed by atoms with Crippen LogP contribution in [0.2, 0.25) is 0 Å². The summed E-state index contributed by atoms with van der Waals surface area (Å²) < 4.78 is 1.92. The van der Waals surface area contributed by atoms with E-state index in [-0.39, 0.29) is 0 Å². The molecular formula is C24H27N7. The number of benzene rings is 2. The lowest BCUT2D eigenvalue weighted by Crippen LogP contribution is -2.38. The Morgan fingerprint density at radius 2 is 1.94 bits per heavy atom. The van der Waals surface area contributed by atoms with Crippen molar-refractivity contribution in [1.29, 1.82) is 0 Å². The van der Waals surface area contributed by atoms with Gasteiger partial charge in [-0.25, -0.2) is 4.98 Å². The minimum absolute atomic E-state index is 0.631. The third kappa shape index (κ3) is 5.39. The van der Waals surface area contributed by atoms with E-state index in [9.17, 15) is 0 Å². The van der Waals surface area contributed by atoms with Gasteiger partial charge in [0.1, 0.15) is 5.82 Å². The molecule has 0 aliphatic carbocycles. The van der Waals surface area contributed by atoms with E-state index < -0.39 is 0 Å². The van der Waals surface area contributed by atoms with Gasteiger partial charge in [0, 0.05) is 33.0 Å². The second kappa shape index (κ2) is 9.75. The largest absolute Gasteiger partial charge is 0.352 e. The first-order valence-corrected chi connectivity index (χ1v) is 10.3. The lowest BCUT2D eigenvalue weighted by molar-refractivity contribution is 0.464. The van der Waals surface area contributed by atoms with Crippen LogP contribution in [0.4, 0.5) is 0 Å². The Hall–Kier alpha value is -3.87. The number of aromatic amines is 1. The van der Waals surface area contributed by atoms with Crippen LogP contribution in [-0.4, -0.2) is 44.7 Å². The topological polar surface area (TPSA) is 74.1 Å². The number of aromatic nitrogens is 4. The van der Waals surface area contributed by atoms with Crippen molar-refractivity contribution in [1.82, 2.24) is 30.0 Å². The molecule has 4 aromatic rings. The molecule has 0 saturated carbocycles. The van der Waals surface area contributed by atoms with Gasteiger partial charge in [0.15, 0.2) is 5.96 Å². The number of hydrogen-bond donors (Lipinski definition) is 2. The molecule has 0 radical (unpaired) electrons. The summed E-state index contributed by atoms with van der Waals surface area (Å²) in [6.45, 7) is 2.08. The number of hydrogen-bond acceptors (Lipinski definition) is 3. The summed E-state index contributed by atoms with van der Waals surface area (Å²) >= 11 is 0. The van der Waals surface area contributed by atoms with Crippen molar-refractivity contribution in [3.8, 4) is 11.3 Å². The summed E-state index contributed by atoms with van der Waals surface area (Å²) in [6.07, 6.45) is 5.65. The molecule has 0 spiro atoms. The van der Waals surface area contributed by atoms with Crippen LogP contribution in [-0.2, 0) is 19.6 Å². The van der Waals surface area contributed by atoms with Crippen molar-refractivity contribution in [3.05, 3.63) is 96.2 Å². The van der Waals surface area contributed by atoms with Crippen LogP contribution in [0, 0.1) is 0 Å². The van der Waals surface area contributed by atoms with Gasteiger partial charge in [-0.3, -0.25) is 9.67 Å². The lowest BCUT2D eigenvalue weighted by Gasteiger charge is -2.21. The number of H-pyrrole nitrogens is 1. The fraction of sp³-hybridized carbons (Fsp3) is 0.208. The normalized spacial score (nSPS) is 11.5. The molecule has 7 heteroatoms. The van der Waals surface area contributed by atoms with Crippen LogP contribution in [0.5, 0.6) is 0 Å². The predicted octanol–water partition coefficient (Wildman–Crippen LogP) is 3.53. The number of nitrogens with zero attached hydrogens (tertiary/aromatic N) is 5. The molecule has 0 atom stereocenters. The molecular weight excluding hydrogens is 386 g/mol. The van der Waals surface area contributed by atoms with Crippen LogP contribution in [0.25, 0.3) is 11.3 Å². The molecule has 0 saturated heterocycles. The number of guanidine groups is 1. The summed E-state index contributed by atoms with van der Waals surface area (Å²) in [6, 6.07) is 20.7. The van der Waals surface area contributed by atoms with Gasteiger partial charge >= 0.3 is 0 Å². The van der Waals surface area contributed by atoms with E-state index in [2.05, 4.69) is 66.7 Å². The molecule has 2 heterocycles. The maximum absolute atomic E-state index is 4.53. The van der Waals surface area contributed by atoms with Crippen LogP contribution in [0.15, 0.2) is 84.2 Å². The monoisotopic (exact) mass is 413 g/mol. The molecule has 0 fully saturated rings. The molecule has 7 nitrogen and oxygen atoms in total. The Bertz CT molecular complexity index is 1110. The van der Waals surface area contributed by atoms with Gasteiger partial charge in [0.2, 0.25) is 0 Å². The minimum Gasteiger partial charge on any atom is -0.352 e. The smallest absolute Gasteiger partial charge is 0.194 e. The summed E-state index contributed by atoms with van der Waals surface area (Å²) in [7, 11) is 3.80. The second-order valence-corrected chi connectivity index (χ2v) is 7.39. The molecule has 0 unspecified atom stereocenters. The first-order valence-electron chi connectivity index (χ1n) is 10.3. The zero-order valence-corrected chi connectivity index (χ0v) is 17.9. The summed E-state index contributed by atoms with van der Waals surface area (Å²) in [5.41, 5.74) is 4.56. The van der Waals surface area contributed by atoms with E-state index in [1.54, 1.807) is 13.2 Å². The van der Waals surface area contributed by atoms with Gasteiger partial charge in [-0.15, -0.1) is 0 Å². The molecule has 31 heavy (non-hydrogen) atoms. The Morgan fingerprint density at radius 1 is 1.10 bits per heavy atom. The maximum atomic E-state index is 4.53. The molecule has 0 bridgehead atoms. The van der Waals surface area contributed by atoms with Gasteiger partial charge in [-0.2, -0.15) is 5.10 Å². The van der Waals surface area contributed by atoms with Gasteiger partial charge in [-0.05, 0) is 22.8 Å². The second-order valence-electron chi connectivity index (χ2n) is 7.39. The molecule has 2 N–H and O–H groups in total. The summed E-state index contributed by atoms with van der Waals surface area (Å²) in [4.78, 5) is 14.4. The van der Waals surface area contributed by atoms with Crippen molar-refractivity contribution in [2.24, 2.45) is 4.99 Å². The molecule has 4 rings (SSSR count). The van der Waals surface area contributed by atoms with Crippen molar-refractivity contribution in [3.63, 3.8) is 0 Å². The van der Waals surface area contributed by atoms with Crippen LogP contribution < -0.4 is 5.32 Å². The fourth-order valence-corrected chi connectivity index (χ4v) is 3.49. The van der Waals surface area contributed by atoms with Crippen molar-refractivity contribution < 1.29 is 0 Å². The molecule has 0 aliphatic heterocycles. The SMILES string of the molecule is CN=C(NCc1cccc(Cn2cccn2)c1)N(C)Cc1ncc(-c2ccccc2)[nH]1. The Kier molecular flexibility index (Phi) is 6.42. The maximum Gasteiger partial charge on any atom is 0.194 e. The molecule has 158 valence electrons. The number of aliphatic imine (C=N–C) groups is 1. The lowest BCUT2D eigenvalue weighted by atomic mass is 10.1. The van der Waals surface area contributed by atoms with E-state index in [4.69, 9.17) is 0 Å². The van der Waals surface area contributed by atoms with Gasteiger partial charge < -0.3 is 15.2 Å². The molecule has 0 aliphatic rings. The highest BCUT2D eigenvalue weighted by Gasteiger charge is 2.10.